The van der Waals surface area contributed by atoms with Gasteiger partial charge in [0.05, 0.1) is 5.92 Å². The minimum atomic E-state index is -0.918. The third kappa shape index (κ3) is 1.47. The van der Waals surface area contributed by atoms with Gasteiger partial charge in [-0.25, -0.2) is 8.78 Å². The van der Waals surface area contributed by atoms with Crippen molar-refractivity contribution in [1.82, 2.24) is 0 Å². The largest absolute Gasteiger partial charge is 0.481 e. The summed E-state index contributed by atoms with van der Waals surface area (Å²) in [7, 11) is 0. The standard InChI is InChI=1S/C10H8F2O2/c11-5-1-2-6(9(12)3-5)7-4-8(7)10(13)14/h1-3,7-8H,4H2,(H,13,14). The Morgan fingerprint density at radius 2 is 2.14 bits per heavy atom. The quantitative estimate of drug-likeness (QED) is 0.790. The van der Waals surface area contributed by atoms with Crippen LogP contribution in [-0.4, -0.2) is 11.1 Å². The van der Waals surface area contributed by atoms with Crippen LogP contribution in [0.1, 0.15) is 17.9 Å². The predicted octanol–water partition coefficient (Wildman–Crippen LogP) is 2.15. The number of aliphatic carboxylic acids is 1. The van der Waals surface area contributed by atoms with E-state index < -0.39 is 23.5 Å². The highest BCUT2D eigenvalue weighted by Gasteiger charge is 2.45. The average Bonchev–Trinajstić information content (AvgIpc) is 2.83. The lowest BCUT2D eigenvalue weighted by Gasteiger charge is -2.00. The molecular formula is C10H8F2O2. The van der Waals surface area contributed by atoms with E-state index >= 15 is 0 Å². The monoisotopic (exact) mass is 198 g/mol. The van der Waals surface area contributed by atoms with Gasteiger partial charge in [0.15, 0.2) is 0 Å². The molecule has 74 valence electrons. The first-order chi connectivity index (χ1) is 6.59. The van der Waals surface area contributed by atoms with E-state index in [9.17, 15) is 13.6 Å². The number of carboxylic acids is 1. The molecule has 1 aromatic carbocycles. The Labute approximate surface area is 79.2 Å². The van der Waals surface area contributed by atoms with Gasteiger partial charge in [-0.05, 0) is 18.1 Å². The highest BCUT2D eigenvalue weighted by atomic mass is 19.1. The molecule has 1 aliphatic carbocycles. The Kier molecular flexibility index (Phi) is 1.98. The fraction of sp³-hybridized carbons (Fsp3) is 0.300. The third-order valence-corrected chi connectivity index (χ3v) is 2.47. The van der Waals surface area contributed by atoms with Crippen molar-refractivity contribution in [2.24, 2.45) is 5.92 Å². The topological polar surface area (TPSA) is 37.3 Å². The number of hydrogen-bond donors (Lipinski definition) is 1. The first kappa shape index (κ1) is 9.12. The summed E-state index contributed by atoms with van der Waals surface area (Å²) < 4.78 is 25.7. The second-order valence-electron chi connectivity index (χ2n) is 3.45. The van der Waals surface area contributed by atoms with Gasteiger partial charge in [0.1, 0.15) is 11.6 Å². The minimum Gasteiger partial charge on any atom is -0.481 e. The molecule has 0 saturated heterocycles. The third-order valence-electron chi connectivity index (χ3n) is 2.47. The minimum absolute atomic E-state index is 0.284. The lowest BCUT2D eigenvalue weighted by Crippen LogP contribution is -2.00. The molecule has 1 fully saturated rings. The number of benzene rings is 1. The summed E-state index contributed by atoms with van der Waals surface area (Å²) in [4.78, 5) is 10.5. The lowest BCUT2D eigenvalue weighted by atomic mass is 10.1. The zero-order valence-electron chi connectivity index (χ0n) is 7.21. The van der Waals surface area contributed by atoms with Gasteiger partial charge in [0.25, 0.3) is 0 Å². The summed E-state index contributed by atoms with van der Waals surface area (Å²) in [5.41, 5.74) is 0.304. The van der Waals surface area contributed by atoms with Gasteiger partial charge < -0.3 is 5.11 Å². The van der Waals surface area contributed by atoms with Crippen LogP contribution in [0.2, 0.25) is 0 Å². The van der Waals surface area contributed by atoms with Crippen LogP contribution in [-0.2, 0) is 4.79 Å². The number of rotatable bonds is 2. The summed E-state index contributed by atoms with van der Waals surface area (Å²) in [6, 6.07) is 3.25. The molecule has 2 rings (SSSR count). The summed E-state index contributed by atoms with van der Waals surface area (Å²) in [5.74, 6) is -3.00. The predicted molar refractivity (Wildman–Crippen MR) is 44.8 cm³/mol. The van der Waals surface area contributed by atoms with E-state index in [1.54, 1.807) is 0 Å². The summed E-state index contributed by atoms with van der Waals surface area (Å²) in [6.07, 6.45) is 0.442. The molecule has 2 atom stereocenters. The Bertz CT molecular complexity index is 390. The summed E-state index contributed by atoms with van der Waals surface area (Å²) in [5, 5.41) is 8.63. The second-order valence-corrected chi connectivity index (χ2v) is 3.45. The van der Waals surface area contributed by atoms with Gasteiger partial charge >= 0.3 is 5.97 Å². The van der Waals surface area contributed by atoms with Crippen LogP contribution >= 0.6 is 0 Å². The van der Waals surface area contributed by atoms with E-state index in [1.165, 1.54) is 6.07 Å². The molecule has 2 nitrogen and oxygen atoms in total. The van der Waals surface area contributed by atoms with Crippen LogP contribution < -0.4 is 0 Å². The van der Waals surface area contributed by atoms with Crippen molar-refractivity contribution in [3.05, 3.63) is 35.4 Å². The van der Waals surface area contributed by atoms with Crippen molar-refractivity contribution in [1.29, 1.82) is 0 Å². The normalized spacial score (nSPS) is 24.7. The van der Waals surface area contributed by atoms with E-state index in [0.717, 1.165) is 12.1 Å². The lowest BCUT2D eigenvalue weighted by molar-refractivity contribution is -0.138. The van der Waals surface area contributed by atoms with Crippen LogP contribution in [0.25, 0.3) is 0 Å². The molecule has 0 spiro atoms. The van der Waals surface area contributed by atoms with Gasteiger partial charge in [-0.1, -0.05) is 6.07 Å². The van der Waals surface area contributed by atoms with Crippen molar-refractivity contribution in [2.45, 2.75) is 12.3 Å². The first-order valence-corrected chi connectivity index (χ1v) is 4.27. The Balaban J connectivity index is 2.23. The van der Waals surface area contributed by atoms with Crippen molar-refractivity contribution >= 4 is 5.97 Å². The molecule has 0 heterocycles. The van der Waals surface area contributed by atoms with Crippen molar-refractivity contribution in [3.63, 3.8) is 0 Å². The van der Waals surface area contributed by atoms with Crippen LogP contribution in [0, 0.1) is 17.6 Å². The Morgan fingerprint density at radius 1 is 1.43 bits per heavy atom. The SMILES string of the molecule is O=C(O)C1CC1c1ccc(F)cc1F. The zero-order chi connectivity index (χ0) is 10.3. The molecule has 4 heteroatoms. The van der Waals surface area contributed by atoms with Crippen LogP contribution in [0.4, 0.5) is 8.78 Å². The van der Waals surface area contributed by atoms with Crippen molar-refractivity contribution in [2.75, 3.05) is 0 Å². The molecule has 0 bridgehead atoms. The first-order valence-electron chi connectivity index (χ1n) is 4.27. The Morgan fingerprint density at radius 3 is 2.64 bits per heavy atom. The molecule has 1 saturated carbocycles. The van der Waals surface area contributed by atoms with E-state index in [0.29, 0.717) is 12.0 Å². The Hall–Kier alpha value is -1.45. The van der Waals surface area contributed by atoms with Crippen LogP contribution in [0.5, 0.6) is 0 Å². The molecular weight excluding hydrogens is 190 g/mol. The summed E-state index contributed by atoms with van der Waals surface area (Å²) >= 11 is 0. The maximum atomic E-state index is 13.1. The molecule has 1 aromatic rings. The highest BCUT2D eigenvalue weighted by molar-refractivity contribution is 5.75. The van der Waals surface area contributed by atoms with E-state index in [4.69, 9.17) is 5.11 Å². The average molecular weight is 198 g/mol. The zero-order valence-corrected chi connectivity index (χ0v) is 7.21. The molecule has 1 aliphatic rings. The van der Waals surface area contributed by atoms with Gasteiger partial charge in [-0.15, -0.1) is 0 Å². The van der Waals surface area contributed by atoms with Crippen LogP contribution in [0.3, 0.4) is 0 Å². The van der Waals surface area contributed by atoms with Crippen molar-refractivity contribution in [3.8, 4) is 0 Å². The molecule has 14 heavy (non-hydrogen) atoms. The van der Waals surface area contributed by atoms with Gasteiger partial charge in [0, 0.05) is 12.0 Å². The van der Waals surface area contributed by atoms with Gasteiger partial charge in [0.2, 0.25) is 0 Å². The highest BCUT2D eigenvalue weighted by Crippen LogP contribution is 2.48. The molecule has 1 N–H and O–H groups in total. The fourth-order valence-corrected chi connectivity index (χ4v) is 1.61. The van der Waals surface area contributed by atoms with Crippen molar-refractivity contribution < 1.29 is 18.7 Å². The van der Waals surface area contributed by atoms with E-state index in [1.807, 2.05) is 0 Å². The number of carbonyl (C=O) groups is 1. The fourth-order valence-electron chi connectivity index (χ4n) is 1.61. The number of halogens is 2. The van der Waals surface area contributed by atoms with E-state index in [-0.39, 0.29) is 5.92 Å². The van der Waals surface area contributed by atoms with Gasteiger partial charge in [-0.3, -0.25) is 4.79 Å². The molecule has 0 radical (unpaired) electrons. The number of carboxylic acid groups (broad SMARTS) is 1. The molecule has 0 amide bonds. The number of hydrogen-bond acceptors (Lipinski definition) is 1. The maximum Gasteiger partial charge on any atom is 0.307 e. The maximum absolute atomic E-state index is 13.1. The van der Waals surface area contributed by atoms with Gasteiger partial charge in [-0.2, -0.15) is 0 Å². The summed E-state index contributed by atoms with van der Waals surface area (Å²) in [6.45, 7) is 0. The molecule has 0 aromatic heterocycles. The van der Waals surface area contributed by atoms with Crippen LogP contribution in [0.15, 0.2) is 18.2 Å². The molecule has 0 aliphatic heterocycles. The smallest absolute Gasteiger partial charge is 0.307 e. The second kappa shape index (κ2) is 3.04. The molecule has 2 unspecified atom stereocenters. The van der Waals surface area contributed by atoms with E-state index in [2.05, 4.69) is 0 Å².